The minimum Gasteiger partial charge on any atom is -0.508 e. The number of carbonyl (C=O) groups excluding carboxylic acids is 1. The van der Waals surface area contributed by atoms with Crippen molar-refractivity contribution in [2.75, 3.05) is 6.54 Å². The van der Waals surface area contributed by atoms with Crippen molar-refractivity contribution < 1.29 is 24.9 Å². The van der Waals surface area contributed by atoms with Gasteiger partial charge in [-0.15, -0.1) is 6.42 Å². The Morgan fingerprint density at radius 3 is 2.58 bits per heavy atom. The van der Waals surface area contributed by atoms with Crippen LogP contribution in [0.4, 0.5) is 0 Å². The van der Waals surface area contributed by atoms with Gasteiger partial charge in [0.15, 0.2) is 0 Å². The Hall–Kier alpha value is -2.52. The normalized spacial score (nSPS) is 36.5. The van der Waals surface area contributed by atoms with Crippen LogP contribution in [0, 0.1) is 29.6 Å². The third-order valence-electron chi connectivity index (χ3n) is 9.04. The molecule has 6 atom stereocenters. The van der Waals surface area contributed by atoms with Gasteiger partial charge in [-0.05, 0) is 92.4 Å². The van der Waals surface area contributed by atoms with Crippen LogP contribution in [0.25, 0.3) is 0 Å². The number of amides is 1. The van der Waals surface area contributed by atoms with E-state index < -0.39 is 17.6 Å². The van der Waals surface area contributed by atoms with Crippen molar-refractivity contribution in [2.24, 2.45) is 17.3 Å². The molecule has 5 rings (SSSR count). The molecular formula is C27H35NO5. The Balaban J connectivity index is 0.000000200. The predicted molar refractivity (Wildman–Crippen MR) is 125 cm³/mol. The number of benzene rings is 1. The third kappa shape index (κ3) is 3.91. The zero-order valence-corrected chi connectivity index (χ0v) is 19.6. The Morgan fingerprint density at radius 2 is 1.94 bits per heavy atom. The average molecular weight is 454 g/mol. The van der Waals surface area contributed by atoms with E-state index in [1.54, 1.807) is 0 Å². The molecule has 3 fully saturated rings. The number of carbonyl (C=O) groups is 2. The highest BCUT2D eigenvalue weighted by Crippen LogP contribution is 2.64. The van der Waals surface area contributed by atoms with Gasteiger partial charge < -0.3 is 20.2 Å². The Bertz CT molecular complexity index is 963. The second-order valence-corrected chi connectivity index (χ2v) is 10.5. The summed E-state index contributed by atoms with van der Waals surface area (Å²) in [4.78, 5) is 22.8. The van der Waals surface area contributed by atoms with E-state index in [-0.39, 0.29) is 11.3 Å². The van der Waals surface area contributed by atoms with Gasteiger partial charge in [-0.2, -0.15) is 0 Å². The third-order valence-corrected chi connectivity index (χ3v) is 9.04. The molecule has 1 unspecified atom stereocenters. The summed E-state index contributed by atoms with van der Waals surface area (Å²) in [6.07, 6.45) is 13.2. The fourth-order valence-corrected chi connectivity index (χ4v) is 7.22. The molecule has 4 aliphatic rings. The number of nitrogens with zero attached hydrogens (tertiary/aromatic N) is 1. The van der Waals surface area contributed by atoms with Crippen LogP contribution in [0.1, 0.15) is 75.8 Å². The minimum atomic E-state index is -0.919. The summed E-state index contributed by atoms with van der Waals surface area (Å²) in [6, 6.07) is 5.30. The predicted octanol–water partition coefficient (Wildman–Crippen LogP) is 3.69. The topological polar surface area (TPSA) is 98.1 Å². The summed E-state index contributed by atoms with van der Waals surface area (Å²) < 4.78 is 0. The summed E-state index contributed by atoms with van der Waals surface area (Å²) in [5.74, 6) is 3.78. The van der Waals surface area contributed by atoms with Crippen molar-refractivity contribution in [1.29, 1.82) is 0 Å². The van der Waals surface area contributed by atoms with Gasteiger partial charge in [0.1, 0.15) is 17.4 Å². The molecule has 0 bridgehead atoms. The maximum atomic E-state index is 10.9. The first-order chi connectivity index (χ1) is 15.6. The van der Waals surface area contributed by atoms with Crippen LogP contribution in [0.5, 0.6) is 5.75 Å². The molecule has 2 saturated carbocycles. The van der Waals surface area contributed by atoms with Gasteiger partial charge in [0.05, 0.1) is 0 Å². The van der Waals surface area contributed by atoms with Crippen molar-refractivity contribution in [3.63, 3.8) is 0 Å². The van der Waals surface area contributed by atoms with Gasteiger partial charge >= 0.3 is 5.97 Å². The van der Waals surface area contributed by atoms with Crippen LogP contribution in [0.2, 0.25) is 0 Å². The number of aliphatic hydroxyl groups is 1. The van der Waals surface area contributed by atoms with Crippen LogP contribution in [-0.2, 0) is 16.0 Å². The average Bonchev–Trinajstić information content (AvgIpc) is 3.38. The van der Waals surface area contributed by atoms with Gasteiger partial charge in [-0.25, -0.2) is 4.79 Å². The lowest BCUT2D eigenvalue weighted by molar-refractivity contribution is -0.147. The number of phenolic OH excluding ortho intramolecular Hbond substituents is 1. The number of aliphatic carboxylic acids is 1. The van der Waals surface area contributed by atoms with Crippen molar-refractivity contribution in [2.45, 2.75) is 82.8 Å². The first-order valence-electron chi connectivity index (χ1n) is 12.1. The number of fused-ring (bicyclic) bond motifs is 5. The molecule has 3 N–H and O–H groups in total. The summed E-state index contributed by atoms with van der Waals surface area (Å²) in [5.41, 5.74) is 1.69. The van der Waals surface area contributed by atoms with Gasteiger partial charge in [0.2, 0.25) is 5.91 Å². The molecule has 178 valence electrons. The number of hydrogen-bond donors (Lipinski definition) is 3. The van der Waals surface area contributed by atoms with Crippen LogP contribution in [0.3, 0.4) is 0 Å². The Kier molecular flexibility index (Phi) is 6.22. The van der Waals surface area contributed by atoms with Crippen LogP contribution in [0.15, 0.2) is 18.2 Å². The number of aryl methyl sites for hydroxylation is 1. The van der Waals surface area contributed by atoms with Crippen molar-refractivity contribution >= 4 is 11.9 Å². The monoisotopic (exact) mass is 453 g/mol. The van der Waals surface area contributed by atoms with E-state index in [4.69, 9.17) is 11.5 Å². The van der Waals surface area contributed by atoms with Crippen LogP contribution < -0.4 is 0 Å². The standard InChI is InChI=1S/C20H24O2.C7H11NO3/c1-3-20(22)11-9-18-17-6-4-13-12-14(21)5-7-15(13)16(17)8-10-19(18,20)2;1-5(9)8-4-2-3-6(8)7(10)11/h1,5,7,12,16-18,21-22H,4,6,8-11H2,2H3;6H,2-4H2,1H3,(H,10,11)/t16-,17-,18+,19+,20+;/m1./s1. The van der Waals surface area contributed by atoms with Crippen molar-refractivity contribution in [1.82, 2.24) is 4.90 Å². The van der Waals surface area contributed by atoms with Crippen molar-refractivity contribution in [3.05, 3.63) is 29.3 Å². The smallest absolute Gasteiger partial charge is 0.326 e. The molecule has 1 aromatic rings. The second kappa shape index (κ2) is 8.68. The fourth-order valence-electron chi connectivity index (χ4n) is 7.22. The van der Waals surface area contributed by atoms with E-state index in [1.165, 1.54) is 23.0 Å². The molecule has 1 aliphatic heterocycles. The highest BCUT2D eigenvalue weighted by atomic mass is 16.4. The molecule has 0 radical (unpaired) electrons. The van der Waals surface area contributed by atoms with Gasteiger partial charge in [-0.3, -0.25) is 4.79 Å². The molecule has 3 aliphatic carbocycles. The molecule has 1 amide bonds. The number of terminal acetylenes is 1. The highest BCUT2D eigenvalue weighted by molar-refractivity contribution is 5.82. The van der Waals surface area contributed by atoms with Gasteiger partial charge in [0.25, 0.3) is 0 Å². The fraction of sp³-hybridized carbons (Fsp3) is 0.630. The summed E-state index contributed by atoms with van der Waals surface area (Å²) in [7, 11) is 0. The molecule has 0 spiro atoms. The number of phenols is 1. The largest absolute Gasteiger partial charge is 0.508 e. The van der Waals surface area contributed by atoms with E-state index in [0.29, 0.717) is 36.5 Å². The quantitative estimate of drug-likeness (QED) is 0.564. The van der Waals surface area contributed by atoms with Crippen LogP contribution in [-0.4, -0.2) is 50.3 Å². The molecule has 1 saturated heterocycles. The lowest BCUT2D eigenvalue weighted by Gasteiger charge is -2.52. The first kappa shape index (κ1) is 23.6. The number of likely N-dealkylation sites (tertiary alicyclic amines) is 1. The van der Waals surface area contributed by atoms with E-state index >= 15 is 0 Å². The van der Waals surface area contributed by atoms with E-state index in [2.05, 4.69) is 18.9 Å². The van der Waals surface area contributed by atoms with Crippen LogP contribution >= 0.6 is 0 Å². The summed E-state index contributed by atoms with van der Waals surface area (Å²) >= 11 is 0. The number of rotatable bonds is 1. The number of aromatic hydroxyl groups is 1. The maximum absolute atomic E-state index is 10.9. The molecule has 6 nitrogen and oxygen atoms in total. The number of carboxylic acid groups (broad SMARTS) is 1. The Labute approximate surface area is 196 Å². The summed E-state index contributed by atoms with van der Waals surface area (Å²) in [5, 5.41) is 29.3. The molecule has 1 aromatic carbocycles. The number of carboxylic acids is 1. The van der Waals surface area contributed by atoms with Crippen molar-refractivity contribution in [3.8, 4) is 18.1 Å². The Morgan fingerprint density at radius 1 is 1.18 bits per heavy atom. The minimum absolute atomic E-state index is 0.128. The van der Waals surface area contributed by atoms with Gasteiger partial charge in [-0.1, -0.05) is 18.9 Å². The molecule has 33 heavy (non-hydrogen) atoms. The zero-order chi connectivity index (χ0) is 24.0. The highest BCUT2D eigenvalue weighted by Gasteiger charge is 2.61. The SMILES string of the molecule is C#C[C@]1(O)CC[C@H]2[C@@H]3CCc4cc(O)ccc4[C@H]3CC[C@@]21C.CC(=O)N1CCCC1C(=O)O. The zero-order valence-electron chi connectivity index (χ0n) is 19.6. The second-order valence-electron chi connectivity index (χ2n) is 10.5. The lowest BCUT2D eigenvalue weighted by atomic mass is 9.53. The molecular weight excluding hydrogens is 418 g/mol. The first-order valence-corrected chi connectivity index (χ1v) is 12.1. The van der Waals surface area contributed by atoms with E-state index in [0.717, 1.165) is 44.9 Å². The van der Waals surface area contributed by atoms with E-state index in [1.807, 2.05) is 12.1 Å². The molecule has 1 heterocycles. The molecule has 6 heteroatoms. The summed E-state index contributed by atoms with van der Waals surface area (Å²) in [6.45, 7) is 4.21. The lowest BCUT2D eigenvalue weighted by Crippen LogP contribution is -2.50. The van der Waals surface area contributed by atoms with Gasteiger partial charge in [0, 0.05) is 18.9 Å². The molecule has 0 aromatic heterocycles. The maximum Gasteiger partial charge on any atom is 0.326 e. The number of hydrogen-bond acceptors (Lipinski definition) is 4. The van der Waals surface area contributed by atoms with E-state index in [9.17, 15) is 19.8 Å².